The number of hydrogen-bond acceptors (Lipinski definition) is 5. The standard InChI is InChI=1S/C22H24FN5O3/c1-13(29)24-9-7-19(30)28-10-2-3-15(12-28)26-21-16-5-4-14(23)11-17(16)20-18(27-21)6-8-25-22(20)31/h4-6,8,11,15H,2-3,7,9-10,12H2,1H3,(H,24,29)(H,25,31)(H,26,27)/t15-/m1/s1. The van der Waals surface area contributed by atoms with Crippen LogP contribution < -0.4 is 16.2 Å². The molecule has 0 aliphatic carbocycles. The number of nitrogens with zero attached hydrogens (tertiary/aromatic N) is 2. The van der Waals surface area contributed by atoms with Gasteiger partial charge in [-0.2, -0.15) is 0 Å². The molecule has 3 N–H and O–H groups in total. The summed E-state index contributed by atoms with van der Waals surface area (Å²) in [6.45, 7) is 2.92. The second kappa shape index (κ2) is 8.71. The summed E-state index contributed by atoms with van der Waals surface area (Å²) in [4.78, 5) is 44.9. The molecule has 3 aromatic rings. The zero-order valence-electron chi connectivity index (χ0n) is 17.2. The van der Waals surface area contributed by atoms with Gasteiger partial charge < -0.3 is 20.5 Å². The summed E-state index contributed by atoms with van der Waals surface area (Å²) in [6.07, 6.45) is 3.46. The highest BCUT2D eigenvalue weighted by atomic mass is 19.1. The third kappa shape index (κ3) is 4.50. The molecular weight excluding hydrogens is 401 g/mol. The van der Waals surface area contributed by atoms with E-state index in [0.29, 0.717) is 47.1 Å². The van der Waals surface area contributed by atoms with Gasteiger partial charge in [-0.05, 0) is 37.1 Å². The minimum absolute atomic E-state index is 0.00909. The Labute approximate surface area is 177 Å². The molecule has 1 aliphatic rings. The normalized spacial score (nSPS) is 16.5. The smallest absolute Gasteiger partial charge is 0.258 e. The van der Waals surface area contributed by atoms with E-state index in [9.17, 15) is 18.8 Å². The number of halogens is 1. The summed E-state index contributed by atoms with van der Waals surface area (Å²) in [6, 6.07) is 5.96. The van der Waals surface area contributed by atoms with Crippen LogP contribution in [0.5, 0.6) is 0 Å². The summed E-state index contributed by atoms with van der Waals surface area (Å²) >= 11 is 0. The number of amides is 2. The Balaban J connectivity index is 1.58. The molecule has 0 spiro atoms. The lowest BCUT2D eigenvalue weighted by Gasteiger charge is -2.33. The molecule has 1 saturated heterocycles. The van der Waals surface area contributed by atoms with Crippen molar-refractivity contribution in [2.24, 2.45) is 0 Å². The molecule has 9 heteroatoms. The van der Waals surface area contributed by atoms with Gasteiger partial charge in [-0.15, -0.1) is 0 Å². The van der Waals surface area contributed by atoms with Crippen molar-refractivity contribution in [3.8, 4) is 0 Å². The highest BCUT2D eigenvalue weighted by molar-refractivity contribution is 6.09. The quantitative estimate of drug-likeness (QED) is 0.543. The molecule has 31 heavy (non-hydrogen) atoms. The largest absolute Gasteiger partial charge is 0.365 e. The molecule has 1 atom stereocenters. The number of rotatable bonds is 5. The first-order valence-electron chi connectivity index (χ1n) is 10.3. The van der Waals surface area contributed by atoms with E-state index in [1.807, 2.05) is 0 Å². The predicted octanol–water partition coefficient (Wildman–Crippen LogP) is 2.14. The van der Waals surface area contributed by atoms with Crippen LogP contribution in [-0.4, -0.2) is 52.4 Å². The molecule has 0 radical (unpaired) electrons. The molecular formula is C22H24FN5O3. The van der Waals surface area contributed by atoms with E-state index in [1.165, 1.54) is 25.3 Å². The number of hydrogen-bond donors (Lipinski definition) is 3. The number of piperidine rings is 1. The van der Waals surface area contributed by atoms with E-state index >= 15 is 0 Å². The van der Waals surface area contributed by atoms with E-state index < -0.39 is 5.82 Å². The van der Waals surface area contributed by atoms with Crippen LogP contribution in [0.1, 0.15) is 26.2 Å². The number of benzene rings is 1. The van der Waals surface area contributed by atoms with Gasteiger partial charge in [-0.25, -0.2) is 9.37 Å². The lowest BCUT2D eigenvalue weighted by atomic mass is 10.0. The number of fused-ring (bicyclic) bond motifs is 3. The summed E-state index contributed by atoms with van der Waals surface area (Å²) in [7, 11) is 0. The average Bonchev–Trinajstić information content (AvgIpc) is 2.73. The Bertz CT molecular complexity index is 1210. The molecule has 0 saturated carbocycles. The summed E-state index contributed by atoms with van der Waals surface area (Å²) in [5.41, 5.74) is 0.157. The van der Waals surface area contributed by atoms with Gasteiger partial charge in [0.05, 0.1) is 10.9 Å². The van der Waals surface area contributed by atoms with E-state index in [4.69, 9.17) is 0 Å². The van der Waals surface area contributed by atoms with Gasteiger partial charge in [0.2, 0.25) is 11.8 Å². The minimum Gasteiger partial charge on any atom is -0.365 e. The molecule has 0 unspecified atom stereocenters. The van der Waals surface area contributed by atoms with Crippen molar-refractivity contribution in [3.05, 3.63) is 46.6 Å². The molecule has 1 fully saturated rings. The molecule has 8 nitrogen and oxygen atoms in total. The SMILES string of the molecule is CC(=O)NCCC(=O)N1CCC[C@@H](Nc2nc3cc[nH]c(=O)c3c3cc(F)ccc23)C1. The first-order chi connectivity index (χ1) is 14.9. The van der Waals surface area contributed by atoms with Crippen LogP contribution in [0.25, 0.3) is 21.7 Å². The second-order valence-corrected chi connectivity index (χ2v) is 7.77. The second-order valence-electron chi connectivity index (χ2n) is 7.77. The van der Waals surface area contributed by atoms with Crippen LogP contribution in [0.4, 0.5) is 10.2 Å². The summed E-state index contributed by atoms with van der Waals surface area (Å²) in [5.74, 6) is -0.0332. The fourth-order valence-electron chi connectivity index (χ4n) is 4.06. The molecule has 162 valence electrons. The van der Waals surface area contributed by atoms with Gasteiger partial charge in [-0.3, -0.25) is 14.4 Å². The van der Waals surface area contributed by atoms with Gasteiger partial charge in [0.15, 0.2) is 0 Å². The topological polar surface area (TPSA) is 107 Å². The molecule has 2 amide bonds. The number of aromatic amines is 1. The number of carbonyl (C=O) groups excluding carboxylic acids is 2. The van der Waals surface area contributed by atoms with Gasteiger partial charge >= 0.3 is 0 Å². The predicted molar refractivity (Wildman–Crippen MR) is 116 cm³/mol. The molecule has 1 aromatic carbocycles. The Morgan fingerprint density at radius 2 is 2.13 bits per heavy atom. The zero-order valence-corrected chi connectivity index (χ0v) is 17.2. The van der Waals surface area contributed by atoms with Gasteiger partial charge in [0, 0.05) is 56.0 Å². The van der Waals surface area contributed by atoms with Crippen LogP contribution in [-0.2, 0) is 9.59 Å². The molecule has 0 bridgehead atoms. The lowest BCUT2D eigenvalue weighted by Crippen LogP contribution is -2.46. The van der Waals surface area contributed by atoms with E-state index in [1.54, 1.807) is 17.0 Å². The number of anilines is 1. The van der Waals surface area contributed by atoms with E-state index in [0.717, 1.165) is 12.8 Å². The first-order valence-corrected chi connectivity index (χ1v) is 10.3. The number of H-pyrrole nitrogens is 1. The van der Waals surface area contributed by atoms with Gasteiger partial charge in [0.25, 0.3) is 5.56 Å². The maximum absolute atomic E-state index is 14.0. The highest BCUT2D eigenvalue weighted by Crippen LogP contribution is 2.29. The molecule has 2 aromatic heterocycles. The third-order valence-electron chi connectivity index (χ3n) is 5.50. The van der Waals surface area contributed by atoms with Crippen LogP contribution in [0.3, 0.4) is 0 Å². The molecule has 3 heterocycles. The van der Waals surface area contributed by atoms with Crippen molar-refractivity contribution < 1.29 is 14.0 Å². The number of nitrogens with one attached hydrogen (secondary N) is 3. The van der Waals surface area contributed by atoms with Crippen molar-refractivity contribution in [1.82, 2.24) is 20.2 Å². The molecule has 1 aliphatic heterocycles. The lowest BCUT2D eigenvalue weighted by molar-refractivity contribution is -0.132. The highest BCUT2D eigenvalue weighted by Gasteiger charge is 2.24. The van der Waals surface area contributed by atoms with E-state index in [2.05, 4.69) is 20.6 Å². The number of pyridine rings is 2. The Hall–Kier alpha value is -3.49. The summed E-state index contributed by atoms with van der Waals surface area (Å²) < 4.78 is 14.0. The fourth-order valence-corrected chi connectivity index (χ4v) is 4.06. The van der Waals surface area contributed by atoms with Crippen LogP contribution in [0.15, 0.2) is 35.3 Å². The Kier molecular flexibility index (Phi) is 5.83. The minimum atomic E-state index is -0.428. The summed E-state index contributed by atoms with van der Waals surface area (Å²) in [5, 5.41) is 7.54. The zero-order chi connectivity index (χ0) is 22.0. The Morgan fingerprint density at radius 3 is 2.94 bits per heavy atom. The fraction of sp³-hybridized carbons (Fsp3) is 0.364. The maximum atomic E-state index is 14.0. The number of carbonyl (C=O) groups is 2. The monoisotopic (exact) mass is 425 g/mol. The van der Waals surface area contributed by atoms with Gasteiger partial charge in [-0.1, -0.05) is 0 Å². The van der Waals surface area contributed by atoms with Gasteiger partial charge in [0.1, 0.15) is 11.6 Å². The van der Waals surface area contributed by atoms with Crippen LogP contribution in [0.2, 0.25) is 0 Å². The van der Waals surface area contributed by atoms with Crippen molar-refractivity contribution in [2.75, 3.05) is 25.0 Å². The van der Waals surface area contributed by atoms with Crippen LogP contribution in [0, 0.1) is 5.82 Å². The maximum Gasteiger partial charge on any atom is 0.258 e. The Morgan fingerprint density at radius 1 is 1.29 bits per heavy atom. The average molecular weight is 425 g/mol. The first kappa shape index (κ1) is 20.8. The van der Waals surface area contributed by atoms with Crippen molar-refractivity contribution >= 4 is 39.3 Å². The number of aromatic nitrogens is 2. The van der Waals surface area contributed by atoms with Crippen molar-refractivity contribution in [2.45, 2.75) is 32.2 Å². The van der Waals surface area contributed by atoms with Crippen molar-refractivity contribution in [1.29, 1.82) is 0 Å². The third-order valence-corrected chi connectivity index (χ3v) is 5.50. The van der Waals surface area contributed by atoms with Crippen molar-refractivity contribution in [3.63, 3.8) is 0 Å². The van der Waals surface area contributed by atoms with Crippen LogP contribution >= 0.6 is 0 Å². The van der Waals surface area contributed by atoms with E-state index in [-0.39, 0.29) is 29.8 Å². The number of likely N-dealkylation sites (tertiary alicyclic amines) is 1. The molecule has 4 rings (SSSR count).